The molecule has 0 bridgehead atoms. The number of ketones is 1. The first-order valence-electron chi connectivity index (χ1n) is 7.10. The molecular formula is C16H22FNO. The molecule has 1 atom stereocenters. The molecule has 0 aliphatic carbocycles. The second-order valence-electron chi connectivity index (χ2n) is 5.66. The first kappa shape index (κ1) is 14.2. The molecule has 1 heterocycles. The first-order chi connectivity index (χ1) is 9.07. The maximum Gasteiger partial charge on any atom is 0.170 e. The molecule has 1 unspecified atom stereocenters. The van der Waals surface area contributed by atoms with E-state index >= 15 is 0 Å². The lowest BCUT2D eigenvalue weighted by atomic mass is 9.71. The minimum Gasteiger partial charge on any atom is -0.316 e. The third kappa shape index (κ3) is 3.03. The van der Waals surface area contributed by atoms with Crippen LogP contribution in [0.5, 0.6) is 0 Å². The molecule has 1 N–H and O–H groups in total. The van der Waals surface area contributed by atoms with Gasteiger partial charge in [-0.1, -0.05) is 13.3 Å². The minimum atomic E-state index is -0.340. The van der Waals surface area contributed by atoms with Gasteiger partial charge in [-0.2, -0.15) is 0 Å². The molecule has 1 aromatic rings. The van der Waals surface area contributed by atoms with Crippen molar-refractivity contribution in [2.24, 2.45) is 5.41 Å². The minimum absolute atomic E-state index is 0.101. The second kappa shape index (κ2) is 5.83. The van der Waals surface area contributed by atoms with Crippen molar-refractivity contribution in [1.82, 2.24) is 5.32 Å². The normalized spacial score (nSPS) is 23.3. The van der Waals surface area contributed by atoms with E-state index in [9.17, 15) is 9.18 Å². The van der Waals surface area contributed by atoms with Gasteiger partial charge < -0.3 is 5.32 Å². The van der Waals surface area contributed by atoms with Gasteiger partial charge in [0.05, 0.1) is 0 Å². The van der Waals surface area contributed by atoms with Gasteiger partial charge in [0, 0.05) is 17.5 Å². The number of carbonyl (C=O) groups excluding carboxylic acids is 1. The fraction of sp³-hybridized carbons (Fsp3) is 0.562. The summed E-state index contributed by atoms with van der Waals surface area (Å²) in [5.41, 5.74) is 0.987. The van der Waals surface area contributed by atoms with Gasteiger partial charge in [-0.25, -0.2) is 4.39 Å². The number of benzene rings is 1. The number of aryl methyl sites for hydroxylation is 1. The molecule has 0 aromatic heterocycles. The van der Waals surface area contributed by atoms with E-state index in [-0.39, 0.29) is 17.0 Å². The molecule has 1 fully saturated rings. The fourth-order valence-corrected chi connectivity index (χ4v) is 3.14. The number of piperidine rings is 1. The Hall–Kier alpha value is -1.22. The number of nitrogens with one attached hydrogen (secondary N) is 1. The van der Waals surface area contributed by atoms with Crippen LogP contribution in [-0.4, -0.2) is 18.9 Å². The van der Waals surface area contributed by atoms with E-state index in [1.54, 1.807) is 6.07 Å². The summed E-state index contributed by atoms with van der Waals surface area (Å²) in [6.45, 7) is 5.61. The molecule has 0 radical (unpaired) electrons. The summed E-state index contributed by atoms with van der Waals surface area (Å²) in [6.07, 6.45) is 3.76. The van der Waals surface area contributed by atoms with Gasteiger partial charge in [-0.15, -0.1) is 0 Å². The topological polar surface area (TPSA) is 29.1 Å². The standard InChI is InChI=1S/C16H22FNO/c1-3-5-16(6-4-7-18-11-16)15(19)13-8-12(2)9-14(17)10-13/h8-10,18H,3-7,11H2,1-2H3. The lowest BCUT2D eigenvalue weighted by molar-refractivity contribution is 0.0717. The van der Waals surface area contributed by atoms with Gasteiger partial charge >= 0.3 is 0 Å². The van der Waals surface area contributed by atoms with Crippen LogP contribution in [0.25, 0.3) is 0 Å². The Bertz CT molecular complexity index is 438. The quantitative estimate of drug-likeness (QED) is 0.843. The van der Waals surface area contributed by atoms with Crippen LogP contribution in [0.3, 0.4) is 0 Å². The van der Waals surface area contributed by atoms with Crippen molar-refractivity contribution in [1.29, 1.82) is 0 Å². The van der Waals surface area contributed by atoms with E-state index in [1.807, 2.05) is 6.92 Å². The van der Waals surface area contributed by atoms with Gasteiger partial charge in [-0.05, 0) is 56.5 Å². The summed E-state index contributed by atoms with van der Waals surface area (Å²) < 4.78 is 13.5. The summed E-state index contributed by atoms with van der Waals surface area (Å²) in [5, 5.41) is 3.33. The average Bonchev–Trinajstić information content (AvgIpc) is 2.38. The lowest BCUT2D eigenvalue weighted by Crippen LogP contribution is -2.45. The Morgan fingerprint density at radius 1 is 1.42 bits per heavy atom. The second-order valence-corrected chi connectivity index (χ2v) is 5.66. The highest BCUT2D eigenvalue weighted by atomic mass is 19.1. The maximum absolute atomic E-state index is 13.5. The van der Waals surface area contributed by atoms with Crippen molar-refractivity contribution in [3.63, 3.8) is 0 Å². The third-order valence-electron chi connectivity index (χ3n) is 3.99. The molecule has 3 heteroatoms. The van der Waals surface area contributed by atoms with E-state index in [4.69, 9.17) is 0 Å². The highest BCUT2D eigenvalue weighted by Crippen LogP contribution is 2.35. The molecule has 1 aromatic carbocycles. The highest BCUT2D eigenvalue weighted by Gasteiger charge is 2.39. The maximum atomic E-state index is 13.5. The number of carbonyl (C=O) groups is 1. The average molecular weight is 263 g/mol. The van der Waals surface area contributed by atoms with Gasteiger partial charge in [0.15, 0.2) is 5.78 Å². The van der Waals surface area contributed by atoms with Crippen LogP contribution in [0.4, 0.5) is 4.39 Å². The molecule has 0 saturated carbocycles. The van der Waals surface area contributed by atoms with Crippen LogP contribution in [-0.2, 0) is 0 Å². The molecule has 19 heavy (non-hydrogen) atoms. The highest BCUT2D eigenvalue weighted by molar-refractivity contribution is 6.01. The molecular weight excluding hydrogens is 241 g/mol. The van der Waals surface area contributed by atoms with Gasteiger partial charge in [-0.3, -0.25) is 4.79 Å². The van der Waals surface area contributed by atoms with E-state index in [1.165, 1.54) is 12.1 Å². The molecule has 0 amide bonds. The molecule has 0 spiro atoms. The summed E-state index contributed by atoms with van der Waals surface area (Å²) >= 11 is 0. The van der Waals surface area contributed by atoms with Gasteiger partial charge in [0.2, 0.25) is 0 Å². The summed E-state index contributed by atoms with van der Waals surface area (Å²) in [6, 6.07) is 4.64. The van der Waals surface area contributed by atoms with Gasteiger partial charge in [0.25, 0.3) is 0 Å². The van der Waals surface area contributed by atoms with Crippen molar-refractivity contribution in [2.75, 3.05) is 13.1 Å². The van der Waals surface area contributed by atoms with E-state index < -0.39 is 0 Å². The number of rotatable bonds is 4. The lowest BCUT2D eigenvalue weighted by Gasteiger charge is -2.36. The largest absolute Gasteiger partial charge is 0.316 e. The zero-order valence-corrected chi connectivity index (χ0v) is 11.8. The Kier molecular flexibility index (Phi) is 4.35. The van der Waals surface area contributed by atoms with Crippen molar-refractivity contribution >= 4 is 5.78 Å². The number of Topliss-reactive ketones (excluding diaryl/α,β-unsaturated/α-hetero) is 1. The third-order valence-corrected chi connectivity index (χ3v) is 3.99. The number of hydrogen-bond acceptors (Lipinski definition) is 2. The van der Waals surface area contributed by atoms with Crippen molar-refractivity contribution < 1.29 is 9.18 Å². The van der Waals surface area contributed by atoms with Crippen LogP contribution in [0.2, 0.25) is 0 Å². The smallest absolute Gasteiger partial charge is 0.170 e. The number of hydrogen-bond donors (Lipinski definition) is 1. The fourth-order valence-electron chi connectivity index (χ4n) is 3.14. The molecule has 1 saturated heterocycles. The zero-order chi connectivity index (χ0) is 13.9. The van der Waals surface area contributed by atoms with E-state index in [2.05, 4.69) is 12.2 Å². The number of halogens is 1. The summed E-state index contributed by atoms with van der Waals surface area (Å²) in [4.78, 5) is 12.8. The van der Waals surface area contributed by atoms with Crippen molar-refractivity contribution in [3.8, 4) is 0 Å². The van der Waals surface area contributed by atoms with Crippen molar-refractivity contribution in [3.05, 3.63) is 35.1 Å². The Balaban J connectivity index is 2.33. The molecule has 1 aliphatic heterocycles. The predicted molar refractivity (Wildman–Crippen MR) is 74.9 cm³/mol. The van der Waals surface area contributed by atoms with Gasteiger partial charge in [0.1, 0.15) is 5.82 Å². The molecule has 2 rings (SSSR count). The van der Waals surface area contributed by atoms with E-state index in [0.717, 1.165) is 44.3 Å². The van der Waals surface area contributed by atoms with Crippen LogP contribution in [0, 0.1) is 18.2 Å². The van der Waals surface area contributed by atoms with Crippen LogP contribution in [0.15, 0.2) is 18.2 Å². The molecule has 1 aliphatic rings. The van der Waals surface area contributed by atoms with Crippen LogP contribution in [0.1, 0.15) is 48.5 Å². The Morgan fingerprint density at radius 3 is 2.79 bits per heavy atom. The van der Waals surface area contributed by atoms with E-state index in [0.29, 0.717) is 5.56 Å². The first-order valence-corrected chi connectivity index (χ1v) is 7.10. The van der Waals surface area contributed by atoms with Crippen LogP contribution < -0.4 is 5.32 Å². The zero-order valence-electron chi connectivity index (χ0n) is 11.8. The molecule has 104 valence electrons. The summed E-state index contributed by atoms with van der Waals surface area (Å²) in [7, 11) is 0. The SMILES string of the molecule is CCCC1(C(=O)c2cc(C)cc(F)c2)CCCNC1. The predicted octanol–water partition coefficient (Wildman–Crippen LogP) is 3.49. The molecule has 2 nitrogen and oxygen atoms in total. The monoisotopic (exact) mass is 263 g/mol. The van der Waals surface area contributed by atoms with Crippen LogP contribution >= 0.6 is 0 Å². The Morgan fingerprint density at radius 2 is 2.21 bits per heavy atom. The summed E-state index contributed by atoms with van der Waals surface area (Å²) in [5.74, 6) is -0.220. The Labute approximate surface area is 114 Å². The van der Waals surface area contributed by atoms with Crippen molar-refractivity contribution in [2.45, 2.75) is 39.5 Å².